The van der Waals surface area contributed by atoms with Crippen LogP contribution in [0.3, 0.4) is 0 Å². The van der Waals surface area contributed by atoms with Crippen molar-refractivity contribution >= 4 is 17.9 Å². The van der Waals surface area contributed by atoms with Crippen LogP contribution in [-0.2, 0) is 24.8 Å². The number of carbonyl (C=O) groups is 1. The second-order valence-corrected chi connectivity index (χ2v) is 10.4. The molecule has 3 aromatic rings. The van der Waals surface area contributed by atoms with Crippen molar-refractivity contribution in [1.29, 1.82) is 0 Å². The zero-order chi connectivity index (χ0) is 24.1. The van der Waals surface area contributed by atoms with Crippen LogP contribution in [0.15, 0.2) is 53.7 Å². The van der Waals surface area contributed by atoms with Gasteiger partial charge in [0.2, 0.25) is 5.91 Å². The van der Waals surface area contributed by atoms with E-state index in [1.54, 1.807) is 0 Å². The van der Waals surface area contributed by atoms with Crippen LogP contribution in [0.25, 0.3) is 11.1 Å². The van der Waals surface area contributed by atoms with Crippen LogP contribution in [0.2, 0.25) is 0 Å². The number of aryl methyl sites for hydroxylation is 1. The summed E-state index contributed by atoms with van der Waals surface area (Å²) in [5.41, 5.74) is 7.12. The molecule has 3 rings (SSSR count). The normalized spacial score (nSPS) is 11.6. The number of benzene rings is 2. The first-order chi connectivity index (χ1) is 15.6. The molecule has 0 radical (unpaired) electrons. The van der Waals surface area contributed by atoms with Crippen molar-refractivity contribution in [1.82, 2.24) is 19.4 Å². The summed E-state index contributed by atoms with van der Waals surface area (Å²) in [6.45, 7) is 9.67. The summed E-state index contributed by atoms with van der Waals surface area (Å²) in [7, 11) is 6.05. The monoisotopic (exact) mass is 464 g/mol. The number of hydrogen-bond acceptors (Lipinski definition) is 4. The topological polar surface area (TPSA) is 50.2 Å². The maximum atomic E-state index is 13.0. The molecule has 0 unspecified atom stereocenters. The molecule has 0 saturated heterocycles. The summed E-state index contributed by atoms with van der Waals surface area (Å²) in [5, 5.41) is 4.33. The van der Waals surface area contributed by atoms with E-state index in [4.69, 9.17) is 0 Å². The summed E-state index contributed by atoms with van der Waals surface area (Å²) in [6.07, 6.45) is 4.31. The van der Waals surface area contributed by atoms with Crippen molar-refractivity contribution in [3.8, 4) is 11.1 Å². The van der Waals surface area contributed by atoms with Crippen molar-refractivity contribution in [3.05, 3.63) is 71.0 Å². The predicted octanol–water partition coefficient (Wildman–Crippen LogP) is 5.76. The standard InChI is InChI=1S/C27H36N4OS/c1-18(2)24-12-21(22-15-28-31(7)17-22)13-25(19(3)4)26(24)14-27(32)29-33-23-10-8-20(9-11-23)16-30(5)6/h8-13,15,17-19H,14,16H2,1-7H3,(H,29,32). The Bertz CT molecular complexity index is 1050. The largest absolute Gasteiger partial charge is 0.305 e. The highest BCUT2D eigenvalue weighted by atomic mass is 32.2. The lowest BCUT2D eigenvalue weighted by atomic mass is 9.84. The van der Waals surface area contributed by atoms with Crippen molar-refractivity contribution < 1.29 is 4.79 Å². The fourth-order valence-electron chi connectivity index (χ4n) is 4.03. The Hall–Kier alpha value is -2.57. The van der Waals surface area contributed by atoms with Crippen LogP contribution in [-0.4, -0.2) is 34.7 Å². The Morgan fingerprint density at radius 3 is 2.12 bits per heavy atom. The Kier molecular flexibility index (Phi) is 8.38. The van der Waals surface area contributed by atoms with E-state index in [9.17, 15) is 4.79 Å². The third-order valence-electron chi connectivity index (χ3n) is 5.64. The first kappa shape index (κ1) is 25.1. The van der Waals surface area contributed by atoms with Gasteiger partial charge < -0.3 is 4.90 Å². The summed E-state index contributed by atoms with van der Waals surface area (Å²) in [4.78, 5) is 16.1. The molecule has 0 atom stereocenters. The van der Waals surface area contributed by atoms with Gasteiger partial charge in [0.1, 0.15) is 0 Å². The predicted molar refractivity (Wildman–Crippen MR) is 138 cm³/mol. The molecule has 0 fully saturated rings. The highest BCUT2D eigenvalue weighted by molar-refractivity contribution is 7.98. The van der Waals surface area contributed by atoms with Crippen LogP contribution in [0.4, 0.5) is 0 Å². The van der Waals surface area contributed by atoms with Crippen molar-refractivity contribution in [2.24, 2.45) is 7.05 Å². The lowest BCUT2D eigenvalue weighted by molar-refractivity contribution is -0.118. The molecule has 0 bridgehead atoms. The molecule has 176 valence electrons. The Morgan fingerprint density at radius 2 is 1.64 bits per heavy atom. The lowest BCUT2D eigenvalue weighted by Crippen LogP contribution is -2.20. The highest BCUT2D eigenvalue weighted by Gasteiger charge is 2.19. The number of amides is 1. The number of hydrogen-bond donors (Lipinski definition) is 1. The van der Waals surface area contributed by atoms with Gasteiger partial charge in [0.15, 0.2) is 0 Å². The van der Waals surface area contributed by atoms with Gasteiger partial charge in [-0.05, 0) is 77.8 Å². The maximum Gasteiger partial charge on any atom is 0.234 e. The lowest BCUT2D eigenvalue weighted by Gasteiger charge is -2.21. The van der Waals surface area contributed by atoms with Crippen molar-refractivity contribution in [2.45, 2.75) is 57.4 Å². The van der Waals surface area contributed by atoms with Gasteiger partial charge in [0.05, 0.1) is 12.6 Å². The van der Waals surface area contributed by atoms with Crippen LogP contribution in [0, 0.1) is 0 Å². The highest BCUT2D eigenvalue weighted by Crippen LogP contribution is 2.34. The maximum absolute atomic E-state index is 13.0. The molecule has 33 heavy (non-hydrogen) atoms. The molecule has 2 aromatic carbocycles. The first-order valence-electron chi connectivity index (χ1n) is 11.5. The number of nitrogens with zero attached hydrogens (tertiary/aromatic N) is 3. The molecule has 1 aromatic heterocycles. The van der Waals surface area contributed by atoms with Gasteiger partial charge in [-0.15, -0.1) is 0 Å². The van der Waals surface area contributed by atoms with Crippen LogP contribution < -0.4 is 4.72 Å². The Balaban J connectivity index is 1.79. The summed E-state index contributed by atoms with van der Waals surface area (Å²) < 4.78 is 4.87. The number of aromatic nitrogens is 2. The van der Waals surface area contributed by atoms with E-state index in [0.717, 1.165) is 28.1 Å². The third-order valence-corrected chi connectivity index (χ3v) is 6.48. The minimum Gasteiger partial charge on any atom is -0.305 e. The average molecular weight is 465 g/mol. The van der Waals surface area contributed by atoms with E-state index in [2.05, 4.69) is 92.9 Å². The number of nitrogens with one attached hydrogen (secondary N) is 1. The zero-order valence-corrected chi connectivity index (χ0v) is 21.7. The molecular formula is C27H36N4OS. The fraction of sp³-hybridized carbons (Fsp3) is 0.407. The van der Waals surface area contributed by atoms with Gasteiger partial charge in [0.25, 0.3) is 0 Å². The van der Waals surface area contributed by atoms with Gasteiger partial charge in [-0.3, -0.25) is 14.2 Å². The molecule has 6 heteroatoms. The van der Waals surface area contributed by atoms with E-state index >= 15 is 0 Å². The van der Waals surface area contributed by atoms with Crippen LogP contribution in [0.1, 0.15) is 61.8 Å². The third kappa shape index (κ3) is 6.71. The van der Waals surface area contributed by atoms with Crippen molar-refractivity contribution in [3.63, 3.8) is 0 Å². The molecule has 1 heterocycles. The molecule has 0 aliphatic carbocycles. The van der Waals surface area contributed by atoms with Crippen LogP contribution >= 0.6 is 11.9 Å². The van der Waals surface area contributed by atoms with Crippen molar-refractivity contribution in [2.75, 3.05) is 14.1 Å². The van der Waals surface area contributed by atoms with Gasteiger partial charge in [-0.1, -0.05) is 52.0 Å². The second kappa shape index (κ2) is 11.0. The smallest absolute Gasteiger partial charge is 0.234 e. The number of carbonyl (C=O) groups excluding carboxylic acids is 1. The van der Waals surface area contributed by atoms with E-state index in [0.29, 0.717) is 18.3 Å². The SMILES string of the molecule is CC(C)c1cc(-c2cnn(C)c2)cc(C(C)C)c1CC(=O)NSc1ccc(CN(C)C)cc1. The molecular weight excluding hydrogens is 428 g/mol. The van der Waals surface area contributed by atoms with Gasteiger partial charge in [-0.2, -0.15) is 5.10 Å². The minimum atomic E-state index is 0.0234. The Labute approximate surface area is 202 Å². The molecule has 0 spiro atoms. The molecule has 0 saturated carbocycles. The molecule has 5 nitrogen and oxygen atoms in total. The summed E-state index contributed by atoms with van der Waals surface area (Å²) in [6, 6.07) is 12.8. The minimum absolute atomic E-state index is 0.0234. The van der Waals surface area contributed by atoms with E-state index in [1.165, 1.54) is 28.6 Å². The average Bonchev–Trinajstić information content (AvgIpc) is 3.19. The summed E-state index contributed by atoms with van der Waals surface area (Å²) >= 11 is 1.38. The Morgan fingerprint density at radius 1 is 1.03 bits per heavy atom. The van der Waals surface area contributed by atoms with Crippen LogP contribution in [0.5, 0.6) is 0 Å². The zero-order valence-electron chi connectivity index (χ0n) is 20.8. The van der Waals surface area contributed by atoms with E-state index in [1.807, 2.05) is 24.1 Å². The van der Waals surface area contributed by atoms with Gasteiger partial charge >= 0.3 is 0 Å². The molecule has 1 N–H and O–H groups in total. The fourth-order valence-corrected chi connectivity index (χ4v) is 4.61. The molecule has 1 amide bonds. The molecule has 0 aliphatic rings. The molecule has 0 aliphatic heterocycles. The van der Waals surface area contributed by atoms with Gasteiger partial charge in [-0.25, -0.2) is 0 Å². The first-order valence-corrected chi connectivity index (χ1v) is 12.3. The van der Waals surface area contributed by atoms with E-state index in [-0.39, 0.29) is 5.91 Å². The number of rotatable bonds is 9. The van der Waals surface area contributed by atoms with E-state index < -0.39 is 0 Å². The summed E-state index contributed by atoms with van der Waals surface area (Å²) in [5.74, 6) is 0.660. The van der Waals surface area contributed by atoms with Gasteiger partial charge in [0, 0.05) is 30.2 Å². The second-order valence-electron chi connectivity index (χ2n) is 9.53. The quantitative estimate of drug-likeness (QED) is 0.409.